The van der Waals surface area contributed by atoms with Crippen molar-refractivity contribution in [2.24, 2.45) is 0 Å². The van der Waals surface area contributed by atoms with Gasteiger partial charge in [0, 0.05) is 6.20 Å². The number of nitrogens with one attached hydrogen (secondary N) is 1. The summed E-state index contributed by atoms with van der Waals surface area (Å²) in [5.74, 6) is -2.97. The smallest absolute Gasteiger partial charge is 0.257 e. The van der Waals surface area contributed by atoms with Crippen LogP contribution in [0.2, 0.25) is 0 Å². The number of ether oxygens (including phenoxy) is 1. The van der Waals surface area contributed by atoms with Crippen LogP contribution in [0.4, 0.5) is 0 Å². The fraction of sp³-hybridized carbons (Fsp3) is 0.500. The number of carbonyl (C=O) groups is 4. The lowest BCUT2D eigenvalue weighted by molar-refractivity contribution is -0.159. The first-order valence-electron chi connectivity index (χ1n) is 8.44. The van der Waals surface area contributed by atoms with E-state index in [0.29, 0.717) is 12.3 Å². The van der Waals surface area contributed by atoms with Crippen LogP contribution in [0.25, 0.3) is 0 Å². The summed E-state index contributed by atoms with van der Waals surface area (Å²) in [5.41, 5.74) is 0.410. The van der Waals surface area contributed by atoms with Gasteiger partial charge in [-0.25, -0.2) is 0 Å². The number of Topliss-reactive ketones (excluding diaryl/α,β-unsaturated/α-hetero) is 2. The van der Waals surface area contributed by atoms with Crippen LogP contribution in [0, 0.1) is 6.92 Å². The van der Waals surface area contributed by atoms with Gasteiger partial charge in [0.2, 0.25) is 11.6 Å². The summed E-state index contributed by atoms with van der Waals surface area (Å²) in [6.45, 7) is 4.35. The van der Waals surface area contributed by atoms with Crippen molar-refractivity contribution in [3.05, 3.63) is 22.3 Å². The zero-order valence-corrected chi connectivity index (χ0v) is 15.5. The van der Waals surface area contributed by atoms with Crippen molar-refractivity contribution in [1.82, 2.24) is 24.7 Å². The Labute approximate surface area is 158 Å². The zero-order chi connectivity index (χ0) is 19.3. The average molecular weight is 391 g/mol. The Hall–Kier alpha value is -2.66. The first kappa shape index (κ1) is 17.7. The second-order valence-corrected chi connectivity index (χ2v) is 7.52. The number of amides is 2. The van der Waals surface area contributed by atoms with Gasteiger partial charge in [0.05, 0.1) is 36.3 Å². The summed E-state index contributed by atoms with van der Waals surface area (Å²) in [7, 11) is 0. The van der Waals surface area contributed by atoms with Gasteiger partial charge in [0.25, 0.3) is 11.8 Å². The van der Waals surface area contributed by atoms with Crippen molar-refractivity contribution in [2.75, 3.05) is 13.2 Å². The van der Waals surface area contributed by atoms with Crippen molar-refractivity contribution in [2.45, 2.75) is 38.7 Å². The molecule has 2 amide bonds. The van der Waals surface area contributed by atoms with Gasteiger partial charge < -0.3 is 19.9 Å². The maximum Gasteiger partial charge on any atom is 0.257 e. The van der Waals surface area contributed by atoms with Crippen LogP contribution in [0.15, 0.2) is 11.8 Å². The van der Waals surface area contributed by atoms with Crippen molar-refractivity contribution in [1.29, 1.82) is 0 Å². The van der Waals surface area contributed by atoms with Crippen LogP contribution in [0.1, 0.15) is 17.5 Å². The van der Waals surface area contributed by atoms with Gasteiger partial charge in [-0.2, -0.15) is 0 Å². The Balaban J connectivity index is 1.55. The van der Waals surface area contributed by atoms with Crippen LogP contribution in [0.5, 0.6) is 0 Å². The minimum absolute atomic E-state index is 0.153. The molecule has 1 N–H and O–H groups in total. The SMILES string of the molecule is Cc1nnsc1CNC(=O)C1=CN2C[C@H]3OC[C@H](C)N3C(=O)C2C(=O)C1=O. The minimum Gasteiger partial charge on any atom is -0.354 e. The van der Waals surface area contributed by atoms with E-state index in [0.717, 1.165) is 16.4 Å². The highest BCUT2D eigenvalue weighted by Gasteiger charge is 2.52. The molecule has 3 aliphatic heterocycles. The molecule has 27 heavy (non-hydrogen) atoms. The summed E-state index contributed by atoms with van der Waals surface area (Å²) < 4.78 is 9.36. The van der Waals surface area contributed by atoms with E-state index in [4.69, 9.17) is 4.74 Å². The third kappa shape index (κ3) is 2.82. The van der Waals surface area contributed by atoms with Crippen LogP contribution >= 0.6 is 11.5 Å². The van der Waals surface area contributed by atoms with Gasteiger partial charge in [0.1, 0.15) is 11.8 Å². The average Bonchev–Trinajstić information content (AvgIpc) is 3.21. The van der Waals surface area contributed by atoms with E-state index in [1.165, 1.54) is 16.0 Å². The number of nitrogens with zero attached hydrogens (tertiary/aromatic N) is 4. The fourth-order valence-electron chi connectivity index (χ4n) is 3.47. The maximum atomic E-state index is 12.7. The van der Waals surface area contributed by atoms with Gasteiger partial charge >= 0.3 is 0 Å². The molecule has 0 radical (unpaired) electrons. The number of hydrogen-bond donors (Lipinski definition) is 1. The Morgan fingerprint density at radius 1 is 1.41 bits per heavy atom. The summed E-state index contributed by atoms with van der Waals surface area (Å²) in [4.78, 5) is 53.8. The van der Waals surface area contributed by atoms with E-state index in [2.05, 4.69) is 14.9 Å². The van der Waals surface area contributed by atoms with E-state index in [9.17, 15) is 19.2 Å². The Morgan fingerprint density at radius 2 is 2.19 bits per heavy atom. The molecule has 0 aromatic carbocycles. The molecule has 0 saturated carbocycles. The van der Waals surface area contributed by atoms with Crippen molar-refractivity contribution in [3.8, 4) is 0 Å². The monoisotopic (exact) mass is 391 g/mol. The maximum absolute atomic E-state index is 12.7. The lowest BCUT2D eigenvalue weighted by atomic mass is 9.93. The van der Waals surface area contributed by atoms with Gasteiger partial charge in [0.15, 0.2) is 6.04 Å². The molecule has 10 nitrogen and oxygen atoms in total. The third-order valence-electron chi connectivity index (χ3n) is 4.91. The number of piperazine rings is 1. The molecular formula is C16H17N5O5S. The highest BCUT2D eigenvalue weighted by molar-refractivity contribution is 7.05. The molecule has 1 unspecified atom stereocenters. The first-order valence-corrected chi connectivity index (χ1v) is 9.21. The molecule has 4 rings (SSSR count). The number of ketones is 2. The van der Waals surface area contributed by atoms with Crippen LogP contribution in [-0.2, 0) is 30.5 Å². The van der Waals surface area contributed by atoms with Crippen LogP contribution in [-0.4, -0.2) is 74.2 Å². The van der Waals surface area contributed by atoms with E-state index < -0.39 is 35.7 Å². The number of hydrogen-bond acceptors (Lipinski definition) is 9. The quantitative estimate of drug-likeness (QED) is 0.386. The second kappa shape index (κ2) is 6.50. The van der Waals surface area contributed by atoms with E-state index in [-0.39, 0.29) is 24.7 Å². The van der Waals surface area contributed by atoms with Crippen molar-refractivity contribution < 1.29 is 23.9 Å². The molecule has 0 aliphatic carbocycles. The lowest BCUT2D eigenvalue weighted by Crippen LogP contribution is -2.65. The molecule has 142 valence electrons. The highest BCUT2D eigenvalue weighted by Crippen LogP contribution is 2.29. The molecule has 4 heterocycles. The molecule has 0 spiro atoms. The van der Waals surface area contributed by atoms with Gasteiger partial charge in [-0.15, -0.1) is 5.10 Å². The summed E-state index contributed by atoms with van der Waals surface area (Å²) in [5, 5.41) is 6.45. The predicted molar refractivity (Wildman–Crippen MR) is 91.1 cm³/mol. The number of aromatic nitrogens is 2. The molecule has 3 aliphatic rings. The Morgan fingerprint density at radius 3 is 2.89 bits per heavy atom. The summed E-state index contributed by atoms with van der Waals surface area (Å²) >= 11 is 1.14. The van der Waals surface area contributed by atoms with Crippen LogP contribution in [0.3, 0.4) is 0 Å². The lowest BCUT2D eigenvalue weighted by Gasteiger charge is -2.43. The molecule has 3 atom stereocenters. The molecule has 2 saturated heterocycles. The predicted octanol–water partition coefficient (Wildman–Crippen LogP) is -1.24. The van der Waals surface area contributed by atoms with E-state index in [1.54, 1.807) is 6.92 Å². The number of fused-ring (bicyclic) bond motifs is 2. The van der Waals surface area contributed by atoms with Crippen LogP contribution < -0.4 is 5.32 Å². The fourth-order valence-corrected chi connectivity index (χ4v) is 4.04. The standard InChI is InChI=1S/C16H17N5O5S/c1-7-6-26-11-5-20-4-9(13(22)14(23)12(20)16(25)21(7)11)15(24)17-3-10-8(2)18-19-27-10/h4,7,11-12H,3,5-6H2,1-2H3,(H,17,24)/t7-,11+,12?/m0/s1. The minimum atomic E-state index is -1.22. The van der Waals surface area contributed by atoms with Gasteiger partial charge in [-0.05, 0) is 25.4 Å². The number of rotatable bonds is 3. The normalized spacial score (nSPS) is 27.4. The zero-order valence-electron chi connectivity index (χ0n) is 14.7. The van der Waals surface area contributed by atoms with Gasteiger partial charge in [-0.1, -0.05) is 4.49 Å². The Bertz CT molecular complexity index is 880. The van der Waals surface area contributed by atoms with Crippen molar-refractivity contribution in [3.63, 3.8) is 0 Å². The first-order chi connectivity index (χ1) is 12.9. The Kier molecular flexibility index (Phi) is 4.27. The third-order valence-corrected chi connectivity index (χ3v) is 5.74. The molecule has 1 aromatic heterocycles. The van der Waals surface area contributed by atoms with E-state index >= 15 is 0 Å². The number of aryl methyl sites for hydroxylation is 1. The second-order valence-electron chi connectivity index (χ2n) is 6.68. The van der Waals surface area contributed by atoms with Crippen molar-refractivity contribution >= 4 is 34.9 Å². The number of carbonyl (C=O) groups excluding carboxylic acids is 4. The largest absolute Gasteiger partial charge is 0.354 e. The topological polar surface area (TPSA) is 122 Å². The molecular weight excluding hydrogens is 374 g/mol. The summed E-state index contributed by atoms with van der Waals surface area (Å²) in [6.07, 6.45) is 0.805. The highest BCUT2D eigenvalue weighted by atomic mass is 32.1. The summed E-state index contributed by atoms with van der Waals surface area (Å²) in [6, 6.07) is -1.38. The molecule has 2 fully saturated rings. The molecule has 0 bridgehead atoms. The van der Waals surface area contributed by atoms with Gasteiger partial charge in [-0.3, -0.25) is 19.2 Å². The molecule has 1 aromatic rings. The molecule has 11 heteroatoms. The van der Waals surface area contributed by atoms with E-state index in [1.807, 2.05) is 6.92 Å².